The summed E-state index contributed by atoms with van der Waals surface area (Å²) in [5.74, 6) is 0.334. The average Bonchev–Trinajstić information content (AvgIpc) is 3.04. The van der Waals surface area contributed by atoms with Crippen LogP contribution in [0.4, 0.5) is 4.39 Å². The Morgan fingerprint density at radius 3 is 2.43 bits per heavy atom. The molecule has 2 heterocycles. The molecule has 0 aromatic heterocycles. The van der Waals surface area contributed by atoms with Crippen molar-refractivity contribution in [1.82, 2.24) is 15.1 Å². The van der Waals surface area contributed by atoms with E-state index < -0.39 is 12.2 Å². The summed E-state index contributed by atoms with van der Waals surface area (Å²) < 4.78 is 13.5. The highest BCUT2D eigenvalue weighted by molar-refractivity contribution is 5.94. The molecule has 2 amide bonds. The second kappa shape index (κ2) is 7.21. The fourth-order valence-electron chi connectivity index (χ4n) is 4.35. The number of nitriles is 2. The highest BCUT2D eigenvalue weighted by Gasteiger charge is 2.56. The van der Waals surface area contributed by atoms with Gasteiger partial charge in [-0.15, -0.1) is 0 Å². The van der Waals surface area contributed by atoms with E-state index in [-0.39, 0.29) is 37.4 Å². The maximum Gasteiger partial charge on any atom is 0.253 e. The molecule has 0 radical (unpaired) electrons. The van der Waals surface area contributed by atoms with Crippen molar-refractivity contribution in [2.24, 2.45) is 11.8 Å². The number of alkyl halides is 1. The molecule has 144 valence electrons. The number of nitrogens with one attached hydrogen (secondary N) is 1. The Bertz CT molecular complexity index is 862. The number of nitrogens with zero attached hydrogens (tertiary/aromatic N) is 4. The Morgan fingerprint density at radius 1 is 1.14 bits per heavy atom. The molecule has 1 aromatic carbocycles. The Hall–Kier alpha value is -2.97. The lowest BCUT2D eigenvalue weighted by molar-refractivity contribution is -0.130. The van der Waals surface area contributed by atoms with Crippen LogP contribution in [-0.4, -0.2) is 66.0 Å². The van der Waals surface area contributed by atoms with E-state index in [4.69, 9.17) is 10.5 Å². The van der Waals surface area contributed by atoms with Gasteiger partial charge in [-0.2, -0.15) is 10.5 Å². The smallest absolute Gasteiger partial charge is 0.253 e. The van der Waals surface area contributed by atoms with Gasteiger partial charge in [0.25, 0.3) is 5.91 Å². The van der Waals surface area contributed by atoms with Crippen molar-refractivity contribution < 1.29 is 14.0 Å². The molecular formula is C20H20FN5O2. The van der Waals surface area contributed by atoms with Gasteiger partial charge in [-0.25, -0.2) is 4.39 Å². The fraction of sp³-hybridized carbons (Fsp3) is 0.500. The molecule has 2 unspecified atom stereocenters. The summed E-state index contributed by atoms with van der Waals surface area (Å²) in [7, 11) is 0. The van der Waals surface area contributed by atoms with Crippen LogP contribution in [0.5, 0.6) is 0 Å². The van der Waals surface area contributed by atoms with Gasteiger partial charge in [0.1, 0.15) is 12.2 Å². The minimum absolute atomic E-state index is 0.0108. The van der Waals surface area contributed by atoms with Crippen LogP contribution in [-0.2, 0) is 4.79 Å². The Kier molecular flexibility index (Phi) is 4.74. The molecule has 7 nitrogen and oxygen atoms in total. The molecule has 1 aromatic rings. The number of piperidine rings is 1. The number of halogens is 1. The van der Waals surface area contributed by atoms with E-state index >= 15 is 0 Å². The van der Waals surface area contributed by atoms with E-state index in [1.54, 1.807) is 29.2 Å². The summed E-state index contributed by atoms with van der Waals surface area (Å²) in [6.45, 7) is 1.34. The van der Waals surface area contributed by atoms with E-state index in [0.717, 1.165) is 0 Å². The molecule has 28 heavy (non-hydrogen) atoms. The molecule has 1 saturated carbocycles. The van der Waals surface area contributed by atoms with Gasteiger partial charge >= 0.3 is 0 Å². The largest absolute Gasteiger partial charge is 0.338 e. The number of hydrogen-bond acceptors (Lipinski definition) is 5. The molecule has 3 aliphatic rings. The van der Waals surface area contributed by atoms with Crippen molar-refractivity contribution in [1.29, 1.82) is 10.5 Å². The summed E-state index contributed by atoms with van der Waals surface area (Å²) in [5, 5.41) is 21.1. The third kappa shape index (κ3) is 3.32. The summed E-state index contributed by atoms with van der Waals surface area (Å²) in [6.07, 6.45) is -1.04. The number of hydrogen-bond donors (Lipinski definition) is 1. The monoisotopic (exact) mass is 381 g/mol. The average molecular weight is 381 g/mol. The lowest BCUT2D eigenvalue weighted by Gasteiger charge is -2.22. The first-order valence-corrected chi connectivity index (χ1v) is 9.37. The molecule has 8 heteroatoms. The normalized spacial score (nSPS) is 30.5. The molecule has 3 fully saturated rings. The quantitative estimate of drug-likeness (QED) is 0.827. The van der Waals surface area contributed by atoms with Gasteiger partial charge in [0.05, 0.1) is 30.8 Å². The first-order valence-electron chi connectivity index (χ1n) is 9.37. The van der Waals surface area contributed by atoms with Crippen LogP contribution in [0.1, 0.15) is 22.3 Å². The minimum atomic E-state index is -1.13. The maximum absolute atomic E-state index is 13.5. The van der Waals surface area contributed by atoms with Crippen LogP contribution in [0.2, 0.25) is 0 Å². The number of fused-ring (bicyclic) bond motifs is 1. The molecule has 2 aliphatic heterocycles. The van der Waals surface area contributed by atoms with Crippen molar-refractivity contribution in [2.45, 2.75) is 24.7 Å². The lowest BCUT2D eigenvalue weighted by Crippen LogP contribution is -2.43. The van der Waals surface area contributed by atoms with E-state index in [9.17, 15) is 14.0 Å². The summed E-state index contributed by atoms with van der Waals surface area (Å²) >= 11 is 0. The van der Waals surface area contributed by atoms with Crippen LogP contribution >= 0.6 is 0 Å². The third-order valence-corrected chi connectivity index (χ3v) is 5.95. The van der Waals surface area contributed by atoms with E-state index in [2.05, 4.69) is 5.32 Å². The number of carbonyl (C=O) groups excluding carboxylic acids is 2. The van der Waals surface area contributed by atoms with Crippen molar-refractivity contribution in [3.05, 3.63) is 35.4 Å². The second-order valence-electron chi connectivity index (χ2n) is 7.66. The minimum Gasteiger partial charge on any atom is -0.338 e. The van der Waals surface area contributed by atoms with Crippen LogP contribution in [0.25, 0.3) is 0 Å². The van der Waals surface area contributed by atoms with Gasteiger partial charge in [-0.05, 0) is 36.1 Å². The van der Waals surface area contributed by atoms with Crippen molar-refractivity contribution >= 4 is 11.8 Å². The predicted octanol–water partition coefficient (Wildman–Crippen LogP) is 0.681. The topological polar surface area (TPSA) is 100 Å². The van der Waals surface area contributed by atoms with Crippen molar-refractivity contribution in [3.63, 3.8) is 0 Å². The van der Waals surface area contributed by atoms with Gasteiger partial charge in [0, 0.05) is 31.1 Å². The number of rotatable bonds is 4. The van der Waals surface area contributed by atoms with Crippen LogP contribution in [0.3, 0.4) is 0 Å². The molecule has 1 N–H and O–H groups in total. The van der Waals surface area contributed by atoms with E-state index in [1.807, 2.05) is 12.1 Å². The van der Waals surface area contributed by atoms with Crippen LogP contribution in [0, 0.1) is 34.5 Å². The fourth-order valence-corrected chi connectivity index (χ4v) is 4.35. The molecule has 0 spiro atoms. The SMILES string of the molecule is N#Cc1ccc(C(=O)N2CC3C(C2)C3NCC(=O)N2C[C@@H](F)C[C@H]2C#N)cc1. The molecule has 4 atom stereocenters. The zero-order valence-corrected chi connectivity index (χ0v) is 15.2. The molecular weight excluding hydrogens is 361 g/mol. The number of carbonyl (C=O) groups is 2. The molecule has 2 saturated heterocycles. The maximum atomic E-state index is 13.5. The summed E-state index contributed by atoms with van der Waals surface area (Å²) in [4.78, 5) is 28.0. The van der Waals surface area contributed by atoms with Crippen molar-refractivity contribution in [2.75, 3.05) is 26.2 Å². The molecule has 4 rings (SSSR count). The first-order chi connectivity index (χ1) is 13.5. The lowest BCUT2D eigenvalue weighted by atomic mass is 10.1. The van der Waals surface area contributed by atoms with E-state index in [1.165, 1.54) is 4.90 Å². The number of amides is 2. The number of likely N-dealkylation sites (tertiary alicyclic amines) is 2. The molecule has 0 bridgehead atoms. The standard InChI is InChI=1S/C20H20FN5O2/c21-14-5-15(7-23)26(9-14)18(27)8-24-19-16-10-25(11-17(16)19)20(28)13-3-1-12(6-22)2-4-13/h1-4,14-17,19,24H,5,8-11H2/t14-,15-,16?,17?,19?/m0/s1. The zero-order valence-electron chi connectivity index (χ0n) is 15.2. The van der Waals surface area contributed by atoms with Crippen molar-refractivity contribution in [3.8, 4) is 12.1 Å². The second-order valence-corrected chi connectivity index (χ2v) is 7.66. The van der Waals surface area contributed by atoms with E-state index in [0.29, 0.717) is 36.1 Å². The Balaban J connectivity index is 1.25. The van der Waals surface area contributed by atoms with Gasteiger partial charge in [-0.1, -0.05) is 0 Å². The summed E-state index contributed by atoms with van der Waals surface area (Å²) in [6, 6.07) is 10.1. The Morgan fingerprint density at radius 2 is 1.82 bits per heavy atom. The Labute approximate surface area is 162 Å². The highest BCUT2D eigenvalue weighted by Crippen LogP contribution is 2.45. The summed E-state index contributed by atoms with van der Waals surface area (Å²) in [5.41, 5.74) is 1.09. The van der Waals surface area contributed by atoms with Crippen LogP contribution < -0.4 is 5.32 Å². The predicted molar refractivity (Wildman–Crippen MR) is 96.5 cm³/mol. The van der Waals surface area contributed by atoms with Gasteiger partial charge < -0.3 is 15.1 Å². The molecule has 1 aliphatic carbocycles. The van der Waals surface area contributed by atoms with Gasteiger partial charge in [-0.3, -0.25) is 9.59 Å². The van der Waals surface area contributed by atoms with Crippen LogP contribution in [0.15, 0.2) is 24.3 Å². The van der Waals surface area contributed by atoms with Gasteiger partial charge in [0.15, 0.2) is 0 Å². The highest BCUT2D eigenvalue weighted by atomic mass is 19.1. The van der Waals surface area contributed by atoms with Gasteiger partial charge in [0.2, 0.25) is 5.91 Å². The zero-order chi connectivity index (χ0) is 19.8. The third-order valence-electron chi connectivity index (χ3n) is 5.95. The number of benzene rings is 1. The first kappa shape index (κ1) is 18.4.